The average Bonchev–Trinajstić information content (AvgIpc) is 2.66. The first-order valence-electron chi connectivity index (χ1n) is 8.17. The van der Waals surface area contributed by atoms with Gasteiger partial charge in [-0.1, -0.05) is 6.07 Å². The van der Waals surface area contributed by atoms with Gasteiger partial charge in [-0.15, -0.1) is 0 Å². The predicted octanol–water partition coefficient (Wildman–Crippen LogP) is 3.31. The minimum Gasteiger partial charge on any atom is -0.493 e. The van der Waals surface area contributed by atoms with Crippen molar-refractivity contribution < 1.29 is 18.9 Å². The fourth-order valence-corrected chi connectivity index (χ4v) is 3.13. The van der Waals surface area contributed by atoms with Crippen molar-refractivity contribution in [3.05, 3.63) is 47.0 Å². The largest absolute Gasteiger partial charge is 0.493 e. The van der Waals surface area contributed by atoms with Crippen LogP contribution in [0.2, 0.25) is 0 Å². The number of nitrogens with zero attached hydrogens (tertiary/aromatic N) is 1. The third kappa shape index (κ3) is 3.55. The van der Waals surface area contributed by atoms with Gasteiger partial charge in [0.05, 0.1) is 34.5 Å². The fraction of sp³-hybridized carbons (Fsp3) is 0.350. The molecule has 5 nitrogen and oxygen atoms in total. The molecular weight excluding hydrogens is 318 g/mol. The van der Waals surface area contributed by atoms with Gasteiger partial charge in [0.15, 0.2) is 23.0 Å². The molecule has 25 heavy (non-hydrogen) atoms. The highest BCUT2D eigenvalue weighted by molar-refractivity contribution is 5.84. The number of aliphatic imine (C=N–C) groups is 1. The topological polar surface area (TPSA) is 49.3 Å². The lowest BCUT2D eigenvalue weighted by molar-refractivity contribution is 0.354. The fourth-order valence-electron chi connectivity index (χ4n) is 3.13. The monoisotopic (exact) mass is 341 g/mol. The quantitative estimate of drug-likeness (QED) is 0.809. The molecule has 0 amide bonds. The van der Waals surface area contributed by atoms with Gasteiger partial charge in [0.25, 0.3) is 0 Å². The highest BCUT2D eigenvalue weighted by Crippen LogP contribution is 2.33. The van der Waals surface area contributed by atoms with Crippen LogP contribution in [-0.4, -0.2) is 40.7 Å². The third-order valence-corrected chi connectivity index (χ3v) is 4.44. The molecular formula is C20H23NO4. The summed E-state index contributed by atoms with van der Waals surface area (Å²) in [4.78, 5) is 4.70. The third-order valence-electron chi connectivity index (χ3n) is 4.44. The van der Waals surface area contributed by atoms with Crippen LogP contribution in [0.25, 0.3) is 0 Å². The second-order valence-corrected chi connectivity index (χ2v) is 5.94. The van der Waals surface area contributed by atoms with E-state index in [4.69, 9.17) is 23.9 Å². The highest BCUT2D eigenvalue weighted by Gasteiger charge is 2.19. The second-order valence-electron chi connectivity index (χ2n) is 5.94. The van der Waals surface area contributed by atoms with E-state index < -0.39 is 0 Å². The van der Waals surface area contributed by atoms with Gasteiger partial charge in [0.2, 0.25) is 0 Å². The molecule has 0 aromatic heterocycles. The molecule has 0 N–H and O–H groups in total. The number of ether oxygens (including phenoxy) is 4. The molecule has 1 aliphatic rings. The lowest BCUT2D eigenvalue weighted by atomic mass is 9.93. The Bertz CT molecular complexity index is 786. The van der Waals surface area contributed by atoms with Gasteiger partial charge in [-0.05, 0) is 53.8 Å². The smallest absolute Gasteiger partial charge is 0.161 e. The molecule has 3 rings (SSSR count). The van der Waals surface area contributed by atoms with E-state index >= 15 is 0 Å². The summed E-state index contributed by atoms with van der Waals surface area (Å²) in [6.45, 7) is 0. The van der Waals surface area contributed by atoms with Crippen LogP contribution in [0.4, 0.5) is 0 Å². The molecule has 5 heteroatoms. The van der Waals surface area contributed by atoms with E-state index in [1.807, 2.05) is 30.5 Å². The van der Waals surface area contributed by atoms with E-state index in [9.17, 15) is 0 Å². The van der Waals surface area contributed by atoms with E-state index in [0.717, 1.165) is 41.4 Å². The zero-order valence-corrected chi connectivity index (χ0v) is 15.0. The Labute approximate surface area is 148 Å². The van der Waals surface area contributed by atoms with E-state index in [-0.39, 0.29) is 6.04 Å². The van der Waals surface area contributed by atoms with Gasteiger partial charge in [-0.2, -0.15) is 0 Å². The van der Waals surface area contributed by atoms with Gasteiger partial charge < -0.3 is 18.9 Å². The van der Waals surface area contributed by atoms with Crippen molar-refractivity contribution >= 4 is 6.21 Å². The van der Waals surface area contributed by atoms with Crippen molar-refractivity contribution in [3.8, 4) is 23.0 Å². The van der Waals surface area contributed by atoms with Crippen molar-refractivity contribution in [1.82, 2.24) is 0 Å². The van der Waals surface area contributed by atoms with Crippen LogP contribution >= 0.6 is 0 Å². The molecule has 132 valence electrons. The molecule has 0 unspecified atom stereocenters. The zero-order valence-electron chi connectivity index (χ0n) is 15.0. The molecule has 1 aliphatic heterocycles. The molecule has 1 heterocycles. The Morgan fingerprint density at radius 2 is 1.48 bits per heavy atom. The Kier molecular flexibility index (Phi) is 5.12. The molecule has 0 bridgehead atoms. The zero-order chi connectivity index (χ0) is 17.8. The van der Waals surface area contributed by atoms with Crippen molar-refractivity contribution in [2.75, 3.05) is 28.4 Å². The Morgan fingerprint density at radius 1 is 0.840 bits per heavy atom. The SMILES string of the molecule is COc1ccc(C[C@H]2Cc3cc(OC)c(OC)cc3C=N2)cc1OC. The lowest BCUT2D eigenvalue weighted by Crippen LogP contribution is -2.18. The van der Waals surface area contributed by atoms with Crippen LogP contribution in [0.15, 0.2) is 35.3 Å². The first-order chi connectivity index (χ1) is 12.2. The van der Waals surface area contributed by atoms with Crippen LogP contribution in [-0.2, 0) is 12.8 Å². The Morgan fingerprint density at radius 3 is 2.16 bits per heavy atom. The van der Waals surface area contributed by atoms with Crippen LogP contribution in [0.5, 0.6) is 23.0 Å². The average molecular weight is 341 g/mol. The Hall–Kier alpha value is -2.69. The molecule has 2 aromatic rings. The summed E-state index contributed by atoms with van der Waals surface area (Å²) in [5.74, 6) is 2.96. The predicted molar refractivity (Wildman–Crippen MR) is 97.9 cm³/mol. The normalized spacial score (nSPS) is 15.4. The molecule has 1 atom stereocenters. The summed E-state index contributed by atoms with van der Waals surface area (Å²) < 4.78 is 21.5. The Balaban J connectivity index is 1.80. The van der Waals surface area contributed by atoms with Gasteiger partial charge >= 0.3 is 0 Å². The second kappa shape index (κ2) is 7.47. The highest BCUT2D eigenvalue weighted by atomic mass is 16.5. The van der Waals surface area contributed by atoms with Crippen LogP contribution in [0.3, 0.4) is 0 Å². The van der Waals surface area contributed by atoms with Crippen LogP contribution in [0.1, 0.15) is 16.7 Å². The maximum absolute atomic E-state index is 5.41. The molecule has 0 radical (unpaired) electrons. The number of methoxy groups -OCH3 is 4. The maximum Gasteiger partial charge on any atom is 0.161 e. The van der Waals surface area contributed by atoms with Gasteiger partial charge in [-0.3, -0.25) is 4.99 Å². The molecule has 0 saturated heterocycles. The number of rotatable bonds is 6. The number of hydrogen-bond donors (Lipinski definition) is 0. The molecule has 0 fully saturated rings. The van der Waals surface area contributed by atoms with E-state index in [1.54, 1.807) is 28.4 Å². The first-order valence-corrected chi connectivity index (χ1v) is 8.17. The number of hydrogen-bond acceptors (Lipinski definition) is 5. The molecule has 0 saturated carbocycles. The summed E-state index contributed by atoms with van der Waals surface area (Å²) in [5, 5.41) is 0. The summed E-state index contributed by atoms with van der Waals surface area (Å²) in [7, 11) is 6.59. The first kappa shape index (κ1) is 17.1. The van der Waals surface area contributed by atoms with E-state index in [2.05, 4.69) is 6.07 Å². The van der Waals surface area contributed by atoms with Crippen molar-refractivity contribution in [2.24, 2.45) is 4.99 Å². The van der Waals surface area contributed by atoms with Crippen LogP contribution < -0.4 is 18.9 Å². The maximum atomic E-state index is 5.41. The standard InChI is InChI=1S/C20H23NO4/c1-22-17-6-5-13(8-18(17)23-2)7-16-9-14-10-19(24-3)20(25-4)11-15(14)12-21-16/h5-6,8,10-12,16H,7,9H2,1-4H3/t16-/m0/s1. The van der Waals surface area contributed by atoms with Gasteiger partial charge in [0.1, 0.15) is 0 Å². The van der Waals surface area contributed by atoms with Crippen molar-refractivity contribution in [2.45, 2.75) is 18.9 Å². The minimum absolute atomic E-state index is 0.184. The number of benzene rings is 2. The van der Waals surface area contributed by atoms with Crippen molar-refractivity contribution in [3.63, 3.8) is 0 Å². The summed E-state index contributed by atoms with van der Waals surface area (Å²) in [6.07, 6.45) is 3.62. The molecule has 2 aromatic carbocycles. The summed E-state index contributed by atoms with van der Waals surface area (Å²) in [5.41, 5.74) is 3.48. The number of fused-ring (bicyclic) bond motifs is 1. The molecule has 0 aliphatic carbocycles. The van der Waals surface area contributed by atoms with Crippen molar-refractivity contribution in [1.29, 1.82) is 0 Å². The minimum atomic E-state index is 0.184. The van der Waals surface area contributed by atoms with Crippen LogP contribution in [0, 0.1) is 0 Å². The lowest BCUT2D eigenvalue weighted by Gasteiger charge is -2.21. The van der Waals surface area contributed by atoms with Gasteiger partial charge in [0, 0.05) is 6.21 Å². The summed E-state index contributed by atoms with van der Waals surface area (Å²) in [6, 6.07) is 10.2. The van der Waals surface area contributed by atoms with Gasteiger partial charge in [-0.25, -0.2) is 0 Å². The van der Waals surface area contributed by atoms with E-state index in [1.165, 1.54) is 11.1 Å². The summed E-state index contributed by atoms with van der Waals surface area (Å²) >= 11 is 0. The van der Waals surface area contributed by atoms with E-state index in [0.29, 0.717) is 0 Å². The molecule has 0 spiro atoms.